The van der Waals surface area contributed by atoms with Crippen LogP contribution in [0, 0.1) is 0 Å². The number of hydrogen-bond acceptors (Lipinski definition) is 6. The third kappa shape index (κ3) is 4.03. The lowest BCUT2D eigenvalue weighted by molar-refractivity contribution is 0.0525. The first kappa shape index (κ1) is 15.5. The number of rotatable bonds is 6. The first-order chi connectivity index (χ1) is 10.1. The molecule has 1 heterocycles. The second kappa shape index (κ2) is 7.19. The third-order valence-corrected chi connectivity index (χ3v) is 3.65. The summed E-state index contributed by atoms with van der Waals surface area (Å²) in [5, 5.41) is 2.02. The van der Waals surface area contributed by atoms with Crippen molar-refractivity contribution in [2.24, 2.45) is 0 Å². The molecule has 0 aliphatic carbocycles. The van der Waals surface area contributed by atoms with Crippen molar-refractivity contribution in [3.8, 4) is 0 Å². The number of carbonyl (C=O) groups is 1. The molecule has 1 aromatic carbocycles. The summed E-state index contributed by atoms with van der Waals surface area (Å²) in [4.78, 5) is 18.4. The summed E-state index contributed by atoms with van der Waals surface area (Å²) in [5.74, 6) is -0.368. The van der Waals surface area contributed by atoms with E-state index in [1.54, 1.807) is 24.3 Å². The summed E-state index contributed by atoms with van der Waals surface area (Å²) in [6.07, 6.45) is 0. The van der Waals surface area contributed by atoms with E-state index in [1.807, 2.05) is 30.1 Å². The van der Waals surface area contributed by atoms with Crippen LogP contribution >= 0.6 is 11.3 Å². The molecule has 0 unspecified atom stereocenters. The molecule has 0 spiro atoms. The van der Waals surface area contributed by atoms with Gasteiger partial charge in [-0.3, -0.25) is 4.90 Å². The van der Waals surface area contributed by atoms with Gasteiger partial charge >= 0.3 is 5.97 Å². The second-order valence-corrected chi connectivity index (χ2v) is 5.47. The van der Waals surface area contributed by atoms with E-state index >= 15 is 0 Å². The van der Waals surface area contributed by atoms with Crippen LogP contribution in [0.4, 0.5) is 5.69 Å². The number of thiazole rings is 1. The summed E-state index contributed by atoms with van der Waals surface area (Å²) < 4.78 is 5.09. The van der Waals surface area contributed by atoms with Gasteiger partial charge in [0.2, 0.25) is 0 Å². The zero-order valence-electron chi connectivity index (χ0n) is 12.2. The molecule has 2 rings (SSSR count). The SMILES string of the molecule is CCOC(=O)c1c(N)cccc1CN(C)Cc1cscn1. The number of anilines is 1. The van der Waals surface area contributed by atoms with Gasteiger partial charge in [0, 0.05) is 24.2 Å². The van der Waals surface area contributed by atoms with Crippen LogP contribution in [0.5, 0.6) is 0 Å². The second-order valence-electron chi connectivity index (χ2n) is 4.75. The minimum atomic E-state index is -0.368. The number of nitrogens with two attached hydrogens (primary N) is 1. The highest BCUT2D eigenvalue weighted by atomic mass is 32.1. The van der Waals surface area contributed by atoms with Gasteiger partial charge in [-0.1, -0.05) is 12.1 Å². The lowest BCUT2D eigenvalue weighted by atomic mass is 10.0. The van der Waals surface area contributed by atoms with Crippen molar-refractivity contribution in [3.63, 3.8) is 0 Å². The first-order valence-corrected chi connectivity index (χ1v) is 7.66. The molecule has 0 saturated heterocycles. The number of ether oxygens (including phenoxy) is 1. The minimum Gasteiger partial charge on any atom is -0.462 e. The number of esters is 1. The molecule has 2 aromatic rings. The molecule has 21 heavy (non-hydrogen) atoms. The third-order valence-electron chi connectivity index (χ3n) is 3.02. The van der Waals surface area contributed by atoms with E-state index in [0.29, 0.717) is 24.4 Å². The predicted octanol–water partition coefficient (Wildman–Crippen LogP) is 2.53. The number of hydrogen-bond donors (Lipinski definition) is 1. The fourth-order valence-electron chi connectivity index (χ4n) is 2.14. The molecule has 6 heteroatoms. The summed E-state index contributed by atoms with van der Waals surface area (Å²) in [7, 11) is 1.98. The van der Waals surface area contributed by atoms with Gasteiger partial charge in [0.15, 0.2) is 0 Å². The molecule has 0 radical (unpaired) electrons. The van der Waals surface area contributed by atoms with Crippen LogP contribution in [0.1, 0.15) is 28.5 Å². The Morgan fingerprint density at radius 1 is 1.43 bits per heavy atom. The number of nitrogens with zero attached hydrogens (tertiary/aromatic N) is 2. The molecule has 0 saturated carbocycles. The normalized spacial score (nSPS) is 10.8. The van der Waals surface area contributed by atoms with Crippen LogP contribution < -0.4 is 5.73 Å². The highest BCUT2D eigenvalue weighted by Crippen LogP contribution is 2.20. The van der Waals surface area contributed by atoms with Crippen LogP contribution in [0.3, 0.4) is 0 Å². The van der Waals surface area contributed by atoms with Gasteiger partial charge in [-0.25, -0.2) is 9.78 Å². The van der Waals surface area contributed by atoms with Crippen molar-refractivity contribution in [1.29, 1.82) is 0 Å². The van der Waals surface area contributed by atoms with Crippen LogP contribution in [0.15, 0.2) is 29.1 Å². The number of aromatic nitrogens is 1. The fourth-order valence-corrected chi connectivity index (χ4v) is 2.69. The predicted molar refractivity (Wildman–Crippen MR) is 84.1 cm³/mol. The average Bonchev–Trinajstić information content (AvgIpc) is 2.91. The molecular formula is C15H19N3O2S. The maximum Gasteiger partial charge on any atom is 0.340 e. The Labute approximate surface area is 128 Å². The standard InChI is InChI=1S/C15H19N3O2S/c1-3-20-15(19)14-11(5-4-6-13(14)16)7-18(2)8-12-9-21-10-17-12/h4-6,9-10H,3,7-8,16H2,1-2H3. The zero-order valence-corrected chi connectivity index (χ0v) is 13.0. The largest absolute Gasteiger partial charge is 0.462 e. The maximum atomic E-state index is 12.1. The van der Waals surface area contributed by atoms with Gasteiger partial charge in [0.25, 0.3) is 0 Å². The van der Waals surface area contributed by atoms with E-state index in [1.165, 1.54) is 0 Å². The van der Waals surface area contributed by atoms with E-state index in [2.05, 4.69) is 9.88 Å². The maximum absolute atomic E-state index is 12.1. The smallest absolute Gasteiger partial charge is 0.340 e. The number of carbonyl (C=O) groups excluding carboxylic acids is 1. The van der Waals surface area contributed by atoms with E-state index in [4.69, 9.17) is 10.5 Å². The molecule has 0 fully saturated rings. The van der Waals surface area contributed by atoms with E-state index in [0.717, 1.165) is 17.8 Å². The van der Waals surface area contributed by atoms with Crippen molar-refractivity contribution in [2.75, 3.05) is 19.4 Å². The van der Waals surface area contributed by atoms with Crippen LogP contribution in [-0.2, 0) is 17.8 Å². The van der Waals surface area contributed by atoms with Crippen LogP contribution in [-0.4, -0.2) is 29.5 Å². The molecule has 5 nitrogen and oxygen atoms in total. The molecule has 0 amide bonds. The van der Waals surface area contributed by atoms with Crippen molar-refractivity contribution in [1.82, 2.24) is 9.88 Å². The number of nitrogen functional groups attached to an aromatic ring is 1. The quantitative estimate of drug-likeness (QED) is 0.656. The van der Waals surface area contributed by atoms with Crippen molar-refractivity contribution in [3.05, 3.63) is 45.9 Å². The van der Waals surface area contributed by atoms with Gasteiger partial charge in [0.1, 0.15) is 0 Å². The topological polar surface area (TPSA) is 68.5 Å². The highest BCUT2D eigenvalue weighted by molar-refractivity contribution is 7.07. The molecule has 0 aliphatic heterocycles. The first-order valence-electron chi connectivity index (χ1n) is 6.72. The molecule has 0 atom stereocenters. The Hall–Kier alpha value is -1.92. The molecular weight excluding hydrogens is 286 g/mol. The van der Waals surface area contributed by atoms with E-state index < -0.39 is 0 Å². The van der Waals surface area contributed by atoms with Crippen molar-refractivity contribution >= 4 is 23.0 Å². The van der Waals surface area contributed by atoms with Crippen LogP contribution in [0.2, 0.25) is 0 Å². The Balaban J connectivity index is 2.15. The summed E-state index contributed by atoms with van der Waals surface area (Å²) in [6, 6.07) is 5.47. The van der Waals surface area contributed by atoms with Gasteiger partial charge < -0.3 is 10.5 Å². The lowest BCUT2D eigenvalue weighted by Gasteiger charge is -2.18. The summed E-state index contributed by atoms with van der Waals surface area (Å²) in [6.45, 7) is 3.45. The fraction of sp³-hybridized carbons (Fsp3) is 0.333. The van der Waals surface area contributed by atoms with E-state index in [9.17, 15) is 4.79 Å². The zero-order chi connectivity index (χ0) is 15.2. The highest BCUT2D eigenvalue weighted by Gasteiger charge is 2.17. The molecule has 0 aliphatic rings. The van der Waals surface area contributed by atoms with Crippen molar-refractivity contribution < 1.29 is 9.53 Å². The summed E-state index contributed by atoms with van der Waals surface area (Å²) >= 11 is 1.57. The van der Waals surface area contributed by atoms with Gasteiger partial charge in [0.05, 0.1) is 23.4 Å². The number of benzene rings is 1. The van der Waals surface area contributed by atoms with Gasteiger partial charge in [-0.2, -0.15) is 0 Å². The lowest BCUT2D eigenvalue weighted by Crippen LogP contribution is -2.20. The van der Waals surface area contributed by atoms with E-state index in [-0.39, 0.29) is 5.97 Å². The molecule has 1 aromatic heterocycles. The Morgan fingerprint density at radius 3 is 2.90 bits per heavy atom. The monoisotopic (exact) mass is 305 g/mol. The average molecular weight is 305 g/mol. The summed E-state index contributed by atoms with van der Waals surface area (Å²) in [5.41, 5.74) is 10.5. The minimum absolute atomic E-state index is 0.335. The Morgan fingerprint density at radius 2 is 2.24 bits per heavy atom. The molecule has 0 bridgehead atoms. The Kier molecular flexibility index (Phi) is 5.30. The van der Waals surface area contributed by atoms with Gasteiger partial charge in [-0.15, -0.1) is 11.3 Å². The van der Waals surface area contributed by atoms with Crippen LogP contribution in [0.25, 0.3) is 0 Å². The Bertz CT molecular complexity index is 599. The molecule has 112 valence electrons. The molecule has 2 N–H and O–H groups in total. The van der Waals surface area contributed by atoms with Gasteiger partial charge in [-0.05, 0) is 25.6 Å². The van der Waals surface area contributed by atoms with Crippen molar-refractivity contribution in [2.45, 2.75) is 20.0 Å².